The third-order valence-electron chi connectivity index (χ3n) is 3.34. The van der Waals surface area contributed by atoms with E-state index >= 15 is 0 Å². The van der Waals surface area contributed by atoms with Crippen LogP contribution in [0.3, 0.4) is 0 Å². The molecule has 0 aliphatic rings. The maximum absolute atomic E-state index is 3.63. The molecule has 0 saturated carbocycles. The summed E-state index contributed by atoms with van der Waals surface area (Å²) < 4.78 is 1.15. The molecule has 1 nitrogen and oxygen atoms in total. The van der Waals surface area contributed by atoms with Gasteiger partial charge in [-0.2, -0.15) is 0 Å². The largest absolute Gasteiger partial charge is 0.380 e. The van der Waals surface area contributed by atoms with E-state index < -0.39 is 0 Å². The molecular weight excluding hydrogens is 310 g/mol. The third-order valence-corrected chi connectivity index (χ3v) is 4.39. The Balaban J connectivity index is 1.99. The zero-order valence-electron chi connectivity index (χ0n) is 12.4. The highest BCUT2D eigenvalue weighted by molar-refractivity contribution is 9.10. The smallest absolute Gasteiger partial charge is 0.0490 e. The van der Waals surface area contributed by atoms with Crippen molar-refractivity contribution in [1.29, 1.82) is 0 Å². The SMILES string of the molecule is Cc1cccc(NCc2ccc(CC(C)C)cc2)c1Br. The molecule has 0 saturated heterocycles. The Morgan fingerprint density at radius 3 is 2.30 bits per heavy atom. The predicted molar refractivity (Wildman–Crippen MR) is 91.2 cm³/mol. The molecule has 0 spiro atoms. The maximum atomic E-state index is 3.63. The van der Waals surface area contributed by atoms with Crippen LogP contribution >= 0.6 is 15.9 Å². The van der Waals surface area contributed by atoms with Crippen LogP contribution in [0.15, 0.2) is 46.9 Å². The van der Waals surface area contributed by atoms with Crippen LogP contribution < -0.4 is 5.32 Å². The van der Waals surface area contributed by atoms with E-state index in [-0.39, 0.29) is 0 Å². The van der Waals surface area contributed by atoms with Crippen LogP contribution in [0, 0.1) is 12.8 Å². The fourth-order valence-electron chi connectivity index (χ4n) is 2.25. The fourth-order valence-corrected chi connectivity index (χ4v) is 2.65. The normalized spacial score (nSPS) is 10.8. The minimum atomic E-state index is 0.710. The van der Waals surface area contributed by atoms with Crippen LogP contribution in [0.1, 0.15) is 30.5 Å². The van der Waals surface area contributed by atoms with E-state index in [0.717, 1.165) is 23.1 Å². The van der Waals surface area contributed by atoms with Gasteiger partial charge in [-0.3, -0.25) is 0 Å². The summed E-state index contributed by atoms with van der Waals surface area (Å²) in [6.45, 7) is 7.47. The van der Waals surface area contributed by atoms with Gasteiger partial charge >= 0.3 is 0 Å². The summed E-state index contributed by atoms with van der Waals surface area (Å²) in [5.74, 6) is 0.710. The van der Waals surface area contributed by atoms with Crippen LogP contribution in [0.4, 0.5) is 5.69 Å². The number of nitrogens with one attached hydrogen (secondary N) is 1. The lowest BCUT2D eigenvalue weighted by Crippen LogP contribution is -2.01. The van der Waals surface area contributed by atoms with Gasteiger partial charge in [0.05, 0.1) is 0 Å². The number of anilines is 1. The molecule has 0 aliphatic heterocycles. The first-order chi connectivity index (χ1) is 9.56. The molecule has 0 atom stereocenters. The van der Waals surface area contributed by atoms with E-state index in [1.165, 1.54) is 16.7 Å². The highest BCUT2D eigenvalue weighted by atomic mass is 79.9. The molecule has 0 aliphatic carbocycles. The molecule has 106 valence electrons. The molecular formula is C18H22BrN. The Morgan fingerprint density at radius 1 is 1.00 bits per heavy atom. The molecule has 0 aromatic heterocycles. The zero-order chi connectivity index (χ0) is 14.5. The summed E-state index contributed by atoms with van der Waals surface area (Å²) in [6, 6.07) is 15.2. The quantitative estimate of drug-likeness (QED) is 0.755. The van der Waals surface area contributed by atoms with Gasteiger partial charge in [0.2, 0.25) is 0 Å². The number of aryl methyl sites for hydroxylation is 1. The number of hydrogen-bond acceptors (Lipinski definition) is 1. The number of halogens is 1. The van der Waals surface area contributed by atoms with Gasteiger partial charge < -0.3 is 5.32 Å². The molecule has 0 amide bonds. The molecule has 0 radical (unpaired) electrons. The molecule has 0 heterocycles. The lowest BCUT2D eigenvalue weighted by Gasteiger charge is -2.11. The van der Waals surface area contributed by atoms with Crippen LogP contribution in [0.2, 0.25) is 0 Å². The minimum Gasteiger partial charge on any atom is -0.380 e. The highest BCUT2D eigenvalue weighted by Crippen LogP contribution is 2.26. The van der Waals surface area contributed by atoms with E-state index in [1.807, 2.05) is 0 Å². The van der Waals surface area contributed by atoms with Gasteiger partial charge in [-0.15, -0.1) is 0 Å². The van der Waals surface area contributed by atoms with Crippen LogP contribution in [-0.4, -0.2) is 0 Å². The molecule has 2 rings (SSSR count). The Labute approximate surface area is 130 Å². The molecule has 0 bridgehead atoms. The van der Waals surface area contributed by atoms with Crippen molar-refractivity contribution in [3.8, 4) is 0 Å². The van der Waals surface area contributed by atoms with E-state index in [1.54, 1.807) is 0 Å². The highest BCUT2D eigenvalue weighted by Gasteiger charge is 2.02. The lowest BCUT2D eigenvalue weighted by molar-refractivity contribution is 0.647. The Hall–Kier alpha value is -1.28. The van der Waals surface area contributed by atoms with Crippen molar-refractivity contribution in [3.63, 3.8) is 0 Å². The Bertz CT molecular complexity index is 558. The fraction of sp³-hybridized carbons (Fsp3) is 0.333. The van der Waals surface area contributed by atoms with Crippen LogP contribution in [0.5, 0.6) is 0 Å². The first kappa shape index (κ1) is 15.1. The van der Waals surface area contributed by atoms with Crippen molar-refractivity contribution in [3.05, 3.63) is 63.6 Å². The first-order valence-corrected chi connectivity index (χ1v) is 7.92. The number of hydrogen-bond donors (Lipinski definition) is 1. The van der Waals surface area contributed by atoms with Gasteiger partial charge in [0.15, 0.2) is 0 Å². The van der Waals surface area contributed by atoms with Gasteiger partial charge in [0, 0.05) is 16.7 Å². The monoisotopic (exact) mass is 331 g/mol. The van der Waals surface area contributed by atoms with Crippen molar-refractivity contribution in [2.75, 3.05) is 5.32 Å². The maximum Gasteiger partial charge on any atom is 0.0490 e. The topological polar surface area (TPSA) is 12.0 Å². The molecule has 0 fully saturated rings. The second kappa shape index (κ2) is 6.94. The van der Waals surface area contributed by atoms with Crippen LogP contribution in [-0.2, 0) is 13.0 Å². The van der Waals surface area contributed by atoms with E-state index in [0.29, 0.717) is 5.92 Å². The molecule has 0 unspecified atom stereocenters. The summed E-state index contributed by atoms with van der Waals surface area (Å²) in [5, 5.41) is 3.48. The molecule has 1 N–H and O–H groups in total. The summed E-state index contributed by atoms with van der Waals surface area (Å²) in [5.41, 5.74) is 5.13. The van der Waals surface area contributed by atoms with Crippen molar-refractivity contribution in [1.82, 2.24) is 0 Å². The summed E-state index contributed by atoms with van der Waals surface area (Å²) in [6.07, 6.45) is 1.15. The number of rotatable bonds is 5. The Kier molecular flexibility index (Phi) is 5.24. The molecule has 2 aromatic carbocycles. The lowest BCUT2D eigenvalue weighted by atomic mass is 10.0. The average Bonchev–Trinajstić information content (AvgIpc) is 2.41. The second-order valence-corrected chi connectivity index (χ2v) is 6.50. The van der Waals surface area contributed by atoms with Crippen LogP contribution in [0.25, 0.3) is 0 Å². The number of benzene rings is 2. The minimum absolute atomic E-state index is 0.710. The standard InChI is InChI=1S/C18H22BrN/c1-13(2)11-15-7-9-16(10-8-15)12-20-17-6-4-5-14(3)18(17)19/h4-10,13,20H,11-12H2,1-3H3. The summed E-state index contributed by atoms with van der Waals surface area (Å²) in [7, 11) is 0. The Morgan fingerprint density at radius 2 is 1.65 bits per heavy atom. The van der Waals surface area contributed by atoms with Gasteiger partial charge in [0.25, 0.3) is 0 Å². The van der Waals surface area contributed by atoms with Crippen molar-refractivity contribution in [2.24, 2.45) is 5.92 Å². The summed E-state index contributed by atoms with van der Waals surface area (Å²) >= 11 is 3.63. The van der Waals surface area contributed by atoms with Crippen molar-refractivity contribution < 1.29 is 0 Å². The van der Waals surface area contributed by atoms with Gasteiger partial charge in [-0.05, 0) is 57.9 Å². The third kappa shape index (κ3) is 4.11. The van der Waals surface area contributed by atoms with Gasteiger partial charge in [-0.25, -0.2) is 0 Å². The molecule has 2 aromatic rings. The molecule has 2 heteroatoms. The van der Waals surface area contributed by atoms with E-state index in [4.69, 9.17) is 0 Å². The van der Waals surface area contributed by atoms with Crippen molar-refractivity contribution in [2.45, 2.75) is 33.7 Å². The van der Waals surface area contributed by atoms with Gasteiger partial charge in [-0.1, -0.05) is 50.2 Å². The van der Waals surface area contributed by atoms with Crippen molar-refractivity contribution >= 4 is 21.6 Å². The second-order valence-electron chi connectivity index (χ2n) is 5.70. The van der Waals surface area contributed by atoms with Gasteiger partial charge in [0.1, 0.15) is 0 Å². The average molecular weight is 332 g/mol. The predicted octanol–water partition coefficient (Wildman–Crippen LogP) is 5.57. The summed E-state index contributed by atoms with van der Waals surface area (Å²) in [4.78, 5) is 0. The van der Waals surface area contributed by atoms with E-state index in [9.17, 15) is 0 Å². The van der Waals surface area contributed by atoms with E-state index in [2.05, 4.69) is 84.5 Å². The zero-order valence-corrected chi connectivity index (χ0v) is 14.0. The molecule has 20 heavy (non-hydrogen) atoms. The first-order valence-electron chi connectivity index (χ1n) is 7.13.